The van der Waals surface area contributed by atoms with Gasteiger partial charge >= 0.3 is 0 Å². The van der Waals surface area contributed by atoms with Crippen molar-refractivity contribution in [1.82, 2.24) is 0 Å². The molecule has 0 saturated heterocycles. The van der Waals surface area contributed by atoms with Gasteiger partial charge in [-0.25, -0.2) is 0 Å². The molecule has 2 heterocycles. The minimum atomic E-state index is -0.0359. The first-order chi connectivity index (χ1) is 4.84. The maximum Gasteiger partial charge on any atom is 0.187 e. The third-order valence-corrected chi connectivity index (χ3v) is 1.38. The highest BCUT2D eigenvalue weighted by Gasteiger charge is 2.25. The largest absolute Gasteiger partial charge is 0.299 e. The van der Waals surface area contributed by atoms with Gasteiger partial charge in [-0.15, -0.1) is 0 Å². The lowest BCUT2D eigenvalue weighted by Crippen LogP contribution is -2.05. The molecular formula is C5H6N4O. The van der Waals surface area contributed by atoms with Crippen molar-refractivity contribution in [1.29, 1.82) is 0 Å². The van der Waals surface area contributed by atoms with Crippen LogP contribution in [0.4, 0.5) is 0 Å². The van der Waals surface area contributed by atoms with Gasteiger partial charge in [0.25, 0.3) is 0 Å². The van der Waals surface area contributed by atoms with Crippen LogP contribution in [0, 0.1) is 0 Å². The Kier molecular flexibility index (Phi) is 1.09. The van der Waals surface area contributed by atoms with Crippen LogP contribution < -0.4 is 0 Å². The third-order valence-electron chi connectivity index (χ3n) is 1.38. The molecule has 2 aliphatic heterocycles. The zero-order chi connectivity index (χ0) is 6.97. The molecule has 0 aromatic rings. The second-order valence-electron chi connectivity index (χ2n) is 2.37. The predicted octanol–water partition coefficient (Wildman–Crippen LogP) is 0.919. The first-order valence-electron chi connectivity index (χ1n) is 3.16. The van der Waals surface area contributed by atoms with Crippen LogP contribution in [-0.2, 0) is 4.79 Å². The van der Waals surface area contributed by atoms with E-state index in [0.29, 0.717) is 12.8 Å². The summed E-state index contributed by atoms with van der Waals surface area (Å²) in [5.74, 6) is 0.157. The monoisotopic (exact) mass is 138 g/mol. The maximum atomic E-state index is 10.9. The molecule has 0 spiro atoms. The van der Waals surface area contributed by atoms with Crippen LogP contribution in [0.3, 0.4) is 0 Å². The Morgan fingerprint density at radius 2 is 1.40 bits per heavy atom. The minimum Gasteiger partial charge on any atom is -0.299 e. The Morgan fingerprint density at radius 3 is 1.70 bits per heavy atom. The highest BCUT2D eigenvalue weighted by Crippen LogP contribution is 2.20. The van der Waals surface area contributed by atoms with Crippen LogP contribution in [0.5, 0.6) is 0 Å². The van der Waals surface area contributed by atoms with Crippen LogP contribution >= 0.6 is 0 Å². The van der Waals surface area contributed by atoms with Crippen molar-refractivity contribution in [3.8, 4) is 0 Å². The topological polar surface area (TPSA) is 66.5 Å². The molecule has 5 nitrogen and oxygen atoms in total. The van der Waals surface area contributed by atoms with Gasteiger partial charge in [-0.3, -0.25) is 4.79 Å². The van der Waals surface area contributed by atoms with E-state index in [-0.39, 0.29) is 18.1 Å². The second kappa shape index (κ2) is 1.93. The second-order valence-corrected chi connectivity index (χ2v) is 2.37. The molecule has 0 aromatic heterocycles. The number of carbonyl (C=O) groups is 1. The van der Waals surface area contributed by atoms with Gasteiger partial charge in [0.2, 0.25) is 0 Å². The number of carbonyl (C=O) groups excluding carboxylic acids is 1. The highest BCUT2D eigenvalue weighted by atomic mass is 16.1. The normalized spacial score (nSPS) is 21.6. The van der Waals surface area contributed by atoms with E-state index in [0.717, 1.165) is 0 Å². The van der Waals surface area contributed by atoms with Crippen molar-refractivity contribution in [3.05, 3.63) is 0 Å². The molecule has 0 bridgehead atoms. The van der Waals surface area contributed by atoms with E-state index >= 15 is 0 Å². The van der Waals surface area contributed by atoms with Gasteiger partial charge in [0.05, 0.1) is 12.8 Å². The third kappa shape index (κ3) is 1.43. The molecule has 2 aliphatic rings. The molecule has 0 amide bonds. The SMILES string of the molecule is O=C(CC1N=N1)CC1N=N1. The molecule has 5 heteroatoms. The Labute approximate surface area is 57.2 Å². The summed E-state index contributed by atoms with van der Waals surface area (Å²) in [6.45, 7) is 0. The van der Waals surface area contributed by atoms with Crippen LogP contribution in [0.15, 0.2) is 20.5 Å². The molecule has 0 saturated carbocycles. The molecule has 0 aliphatic carbocycles. The first-order valence-corrected chi connectivity index (χ1v) is 3.16. The summed E-state index contributed by atoms with van der Waals surface area (Å²) in [4.78, 5) is 10.9. The van der Waals surface area contributed by atoms with E-state index in [9.17, 15) is 4.79 Å². The zero-order valence-corrected chi connectivity index (χ0v) is 5.27. The molecule has 52 valence electrons. The minimum absolute atomic E-state index is 0.0359. The van der Waals surface area contributed by atoms with Gasteiger partial charge in [0.15, 0.2) is 12.3 Å². The summed E-state index contributed by atoms with van der Waals surface area (Å²) < 4.78 is 0. The van der Waals surface area contributed by atoms with Crippen LogP contribution in [0.1, 0.15) is 12.8 Å². The number of ketones is 1. The highest BCUT2D eigenvalue weighted by molar-refractivity contribution is 5.80. The van der Waals surface area contributed by atoms with E-state index in [1.54, 1.807) is 0 Å². The summed E-state index contributed by atoms with van der Waals surface area (Å²) in [5, 5.41) is 14.5. The molecule has 2 rings (SSSR count). The fourth-order valence-corrected chi connectivity index (χ4v) is 0.748. The number of rotatable bonds is 4. The first kappa shape index (κ1) is 5.64. The lowest BCUT2D eigenvalue weighted by Gasteiger charge is -1.90. The number of nitrogens with zero attached hydrogens (tertiary/aromatic N) is 4. The Balaban J connectivity index is 1.65. The van der Waals surface area contributed by atoms with Crippen LogP contribution in [0.25, 0.3) is 0 Å². The summed E-state index contributed by atoms with van der Waals surface area (Å²) in [7, 11) is 0. The smallest absolute Gasteiger partial charge is 0.187 e. The van der Waals surface area contributed by atoms with Crippen LogP contribution in [-0.4, -0.2) is 18.1 Å². The molecule has 0 aromatic carbocycles. The van der Waals surface area contributed by atoms with E-state index in [1.165, 1.54) is 0 Å². The quantitative estimate of drug-likeness (QED) is 0.569. The molecule has 0 unspecified atom stereocenters. The number of Topliss-reactive ketones (excluding diaryl/α,β-unsaturated/α-hetero) is 1. The van der Waals surface area contributed by atoms with Gasteiger partial charge in [-0.1, -0.05) is 0 Å². The standard InChI is InChI=1S/C5H6N4O/c10-3(1-4-6-7-4)2-5-8-9-5/h4-5H,1-2H2. The molecule has 0 radical (unpaired) electrons. The average molecular weight is 138 g/mol. The lowest BCUT2D eigenvalue weighted by atomic mass is 10.2. The fraction of sp³-hybridized carbons (Fsp3) is 0.800. The molecule has 0 atom stereocenters. The van der Waals surface area contributed by atoms with E-state index < -0.39 is 0 Å². The number of hydrogen-bond donors (Lipinski definition) is 0. The van der Waals surface area contributed by atoms with Crippen molar-refractivity contribution in [2.24, 2.45) is 20.5 Å². The fourth-order valence-electron chi connectivity index (χ4n) is 0.748. The molecule has 0 N–H and O–H groups in total. The Bertz CT molecular complexity index is 188. The Morgan fingerprint density at radius 1 is 1.00 bits per heavy atom. The summed E-state index contributed by atoms with van der Waals surface area (Å²) in [5.41, 5.74) is 0. The van der Waals surface area contributed by atoms with E-state index in [1.807, 2.05) is 0 Å². The maximum absolute atomic E-state index is 10.9. The predicted molar refractivity (Wildman–Crippen MR) is 31.5 cm³/mol. The van der Waals surface area contributed by atoms with E-state index in [4.69, 9.17) is 0 Å². The summed E-state index contributed by atoms with van der Waals surface area (Å²) in [6.07, 6.45) is 0.820. The van der Waals surface area contributed by atoms with E-state index in [2.05, 4.69) is 20.5 Å². The Hall–Kier alpha value is -1.13. The van der Waals surface area contributed by atoms with Crippen molar-refractivity contribution in [2.45, 2.75) is 25.2 Å². The van der Waals surface area contributed by atoms with Crippen molar-refractivity contribution in [2.75, 3.05) is 0 Å². The molecular weight excluding hydrogens is 132 g/mol. The van der Waals surface area contributed by atoms with Gasteiger partial charge < -0.3 is 0 Å². The number of hydrogen-bond acceptors (Lipinski definition) is 5. The van der Waals surface area contributed by atoms with Crippen molar-refractivity contribution in [3.63, 3.8) is 0 Å². The molecule has 10 heavy (non-hydrogen) atoms. The lowest BCUT2D eigenvalue weighted by molar-refractivity contribution is -0.119. The van der Waals surface area contributed by atoms with Gasteiger partial charge in [-0.05, 0) is 0 Å². The van der Waals surface area contributed by atoms with Crippen molar-refractivity contribution < 1.29 is 4.79 Å². The molecule has 0 fully saturated rings. The zero-order valence-electron chi connectivity index (χ0n) is 5.27. The van der Waals surface area contributed by atoms with Crippen molar-refractivity contribution >= 4 is 5.78 Å². The van der Waals surface area contributed by atoms with Gasteiger partial charge in [0, 0.05) is 0 Å². The van der Waals surface area contributed by atoms with Gasteiger partial charge in [-0.2, -0.15) is 20.5 Å². The summed E-state index contributed by atoms with van der Waals surface area (Å²) in [6, 6.07) is 0. The summed E-state index contributed by atoms with van der Waals surface area (Å²) >= 11 is 0. The average Bonchev–Trinajstić information content (AvgIpc) is 2.59. The van der Waals surface area contributed by atoms with Crippen LogP contribution in [0.2, 0.25) is 0 Å². The van der Waals surface area contributed by atoms with Gasteiger partial charge in [0.1, 0.15) is 5.78 Å².